The van der Waals surface area contributed by atoms with Gasteiger partial charge in [0.05, 0.1) is 13.7 Å². The average molecular weight is 222 g/mol. The fourth-order valence-corrected chi connectivity index (χ4v) is 1.37. The monoisotopic (exact) mass is 222 g/mol. The highest BCUT2D eigenvalue weighted by atomic mass is 16.7. The predicted molar refractivity (Wildman–Crippen MR) is 64.5 cm³/mol. The van der Waals surface area contributed by atoms with Crippen LogP contribution in [0.4, 0.5) is 0 Å². The molecule has 4 heteroatoms. The van der Waals surface area contributed by atoms with Crippen LogP contribution in [0.1, 0.15) is 19.4 Å². The number of ether oxygens (including phenoxy) is 1. The number of hydroxylamine groups is 1. The van der Waals surface area contributed by atoms with Crippen molar-refractivity contribution in [1.82, 2.24) is 5.48 Å². The SMILES string of the molecule is CC.COc1ccc(C2=C(N)ONC2)cc1. The van der Waals surface area contributed by atoms with Crippen LogP contribution in [0.15, 0.2) is 30.1 Å². The average Bonchev–Trinajstić information content (AvgIpc) is 2.78. The second-order valence-electron chi connectivity index (χ2n) is 2.99. The Kier molecular flexibility index (Phi) is 4.66. The number of benzene rings is 1. The highest BCUT2D eigenvalue weighted by Gasteiger charge is 2.14. The zero-order chi connectivity index (χ0) is 12.0. The molecular weight excluding hydrogens is 204 g/mol. The van der Waals surface area contributed by atoms with E-state index in [1.54, 1.807) is 7.11 Å². The highest BCUT2D eigenvalue weighted by molar-refractivity contribution is 5.69. The van der Waals surface area contributed by atoms with E-state index in [1.165, 1.54) is 0 Å². The molecule has 0 bridgehead atoms. The number of rotatable bonds is 2. The van der Waals surface area contributed by atoms with E-state index in [9.17, 15) is 0 Å². The second-order valence-corrected chi connectivity index (χ2v) is 2.99. The third-order valence-electron chi connectivity index (χ3n) is 2.17. The highest BCUT2D eigenvalue weighted by Crippen LogP contribution is 2.22. The van der Waals surface area contributed by atoms with Gasteiger partial charge >= 0.3 is 0 Å². The van der Waals surface area contributed by atoms with Crippen molar-refractivity contribution in [3.8, 4) is 5.75 Å². The van der Waals surface area contributed by atoms with E-state index >= 15 is 0 Å². The van der Waals surface area contributed by atoms with Gasteiger partial charge in [0.15, 0.2) is 0 Å². The van der Waals surface area contributed by atoms with Gasteiger partial charge in [0.2, 0.25) is 5.88 Å². The lowest BCUT2D eigenvalue weighted by Crippen LogP contribution is -2.07. The Morgan fingerprint density at radius 3 is 2.31 bits per heavy atom. The molecule has 0 radical (unpaired) electrons. The molecule has 1 aromatic rings. The summed E-state index contributed by atoms with van der Waals surface area (Å²) in [5.41, 5.74) is 10.4. The number of hydrogen-bond acceptors (Lipinski definition) is 4. The van der Waals surface area contributed by atoms with E-state index in [0.717, 1.165) is 16.9 Å². The summed E-state index contributed by atoms with van der Waals surface area (Å²) in [6.07, 6.45) is 0. The number of methoxy groups -OCH3 is 1. The van der Waals surface area contributed by atoms with Gasteiger partial charge < -0.3 is 15.3 Å². The molecule has 88 valence electrons. The molecule has 1 aliphatic heterocycles. The lowest BCUT2D eigenvalue weighted by molar-refractivity contribution is 0.137. The van der Waals surface area contributed by atoms with Crippen molar-refractivity contribution < 1.29 is 9.57 Å². The summed E-state index contributed by atoms with van der Waals surface area (Å²) in [5, 5.41) is 0. The molecule has 0 amide bonds. The van der Waals surface area contributed by atoms with Crippen LogP contribution in [0, 0.1) is 0 Å². The van der Waals surface area contributed by atoms with E-state index < -0.39 is 0 Å². The van der Waals surface area contributed by atoms with E-state index in [4.69, 9.17) is 15.3 Å². The number of nitrogens with two attached hydrogens (primary N) is 1. The first-order valence-electron chi connectivity index (χ1n) is 5.34. The largest absolute Gasteiger partial charge is 0.497 e. The Balaban J connectivity index is 0.000000606. The standard InChI is InChI=1S/C10H12N2O2.C2H6/c1-13-8-4-2-7(3-5-8)9-6-12-14-10(9)11;1-2/h2-5,12H,6,11H2,1H3;1-2H3. The van der Waals surface area contributed by atoms with Crippen LogP contribution >= 0.6 is 0 Å². The summed E-state index contributed by atoms with van der Waals surface area (Å²) >= 11 is 0. The first-order chi connectivity index (χ1) is 7.81. The third kappa shape index (κ3) is 2.67. The maximum absolute atomic E-state index is 5.65. The number of nitrogens with one attached hydrogen (secondary N) is 1. The minimum atomic E-state index is 0.440. The summed E-state index contributed by atoms with van der Waals surface area (Å²) in [6, 6.07) is 7.70. The molecule has 0 atom stereocenters. The molecule has 2 rings (SSSR count). The molecule has 4 nitrogen and oxygen atoms in total. The Morgan fingerprint density at radius 1 is 1.25 bits per heavy atom. The van der Waals surface area contributed by atoms with Gasteiger partial charge in [0, 0.05) is 5.57 Å². The lowest BCUT2D eigenvalue weighted by atomic mass is 10.1. The molecule has 0 unspecified atom stereocenters. The molecule has 0 aliphatic carbocycles. The van der Waals surface area contributed by atoms with Gasteiger partial charge in [-0.3, -0.25) is 0 Å². The lowest BCUT2D eigenvalue weighted by Gasteiger charge is -2.02. The molecule has 0 saturated carbocycles. The smallest absolute Gasteiger partial charge is 0.214 e. The molecule has 1 heterocycles. The molecular formula is C12H18N2O2. The van der Waals surface area contributed by atoms with Crippen LogP contribution in [0.25, 0.3) is 5.57 Å². The van der Waals surface area contributed by atoms with Crippen LogP contribution in [0.2, 0.25) is 0 Å². The van der Waals surface area contributed by atoms with Crippen molar-refractivity contribution in [2.45, 2.75) is 13.8 Å². The summed E-state index contributed by atoms with van der Waals surface area (Å²) in [5.74, 6) is 1.27. The molecule has 1 aromatic carbocycles. The summed E-state index contributed by atoms with van der Waals surface area (Å²) in [4.78, 5) is 4.95. The fourth-order valence-electron chi connectivity index (χ4n) is 1.37. The van der Waals surface area contributed by atoms with E-state index in [0.29, 0.717) is 12.4 Å². The Labute approximate surface area is 96.0 Å². The van der Waals surface area contributed by atoms with Crippen LogP contribution in [-0.2, 0) is 4.84 Å². The molecule has 1 aliphatic rings. The summed E-state index contributed by atoms with van der Waals surface area (Å²) < 4.78 is 5.06. The normalized spacial score (nSPS) is 13.9. The van der Waals surface area contributed by atoms with Crippen molar-refractivity contribution in [3.05, 3.63) is 35.7 Å². The van der Waals surface area contributed by atoms with Gasteiger partial charge in [-0.1, -0.05) is 26.0 Å². The second kappa shape index (κ2) is 6.02. The van der Waals surface area contributed by atoms with Gasteiger partial charge in [-0.2, -0.15) is 5.48 Å². The maximum Gasteiger partial charge on any atom is 0.214 e. The third-order valence-corrected chi connectivity index (χ3v) is 2.17. The van der Waals surface area contributed by atoms with Gasteiger partial charge in [0.1, 0.15) is 5.75 Å². The molecule has 0 saturated heterocycles. The molecule has 3 N–H and O–H groups in total. The summed E-state index contributed by atoms with van der Waals surface area (Å²) in [6.45, 7) is 4.64. The molecule has 16 heavy (non-hydrogen) atoms. The van der Waals surface area contributed by atoms with Gasteiger partial charge in [0.25, 0.3) is 0 Å². The van der Waals surface area contributed by atoms with Crippen molar-refractivity contribution in [3.63, 3.8) is 0 Å². The van der Waals surface area contributed by atoms with E-state index in [-0.39, 0.29) is 0 Å². The molecule has 0 aromatic heterocycles. The first-order valence-corrected chi connectivity index (χ1v) is 5.34. The topological polar surface area (TPSA) is 56.5 Å². The van der Waals surface area contributed by atoms with Crippen molar-refractivity contribution in [2.24, 2.45) is 5.73 Å². The predicted octanol–water partition coefficient (Wildman–Crippen LogP) is 1.88. The quantitative estimate of drug-likeness (QED) is 0.802. The van der Waals surface area contributed by atoms with E-state index in [2.05, 4.69) is 5.48 Å². The minimum Gasteiger partial charge on any atom is -0.497 e. The zero-order valence-corrected chi connectivity index (χ0v) is 9.91. The van der Waals surface area contributed by atoms with Crippen LogP contribution < -0.4 is 16.0 Å². The minimum absolute atomic E-state index is 0.440. The molecule has 0 fully saturated rings. The maximum atomic E-state index is 5.65. The van der Waals surface area contributed by atoms with Crippen LogP contribution in [0.3, 0.4) is 0 Å². The molecule has 0 spiro atoms. The Hall–Kier alpha value is -1.68. The van der Waals surface area contributed by atoms with Crippen LogP contribution in [0.5, 0.6) is 5.75 Å². The Bertz CT molecular complexity index is 358. The van der Waals surface area contributed by atoms with Crippen molar-refractivity contribution in [1.29, 1.82) is 0 Å². The summed E-state index contributed by atoms with van der Waals surface area (Å²) in [7, 11) is 1.64. The van der Waals surface area contributed by atoms with Crippen molar-refractivity contribution in [2.75, 3.05) is 13.7 Å². The number of hydrogen-bond donors (Lipinski definition) is 2. The van der Waals surface area contributed by atoms with Gasteiger partial charge in [-0.25, -0.2) is 0 Å². The zero-order valence-electron chi connectivity index (χ0n) is 9.91. The fraction of sp³-hybridized carbons (Fsp3) is 0.333. The Morgan fingerprint density at radius 2 is 1.88 bits per heavy atom. The van der Waals surface area contributed by atoms with Crippen molar-refractivity contribution >= 4 is 5.57 Å². The van der Waals surface area contributed by atoms with Gasteiger partial charge in [-0.05, 0) is 17.7 Å². The van der Waals surface area contributed by atoms with Gasteiger partial charge in [-0.15, -0.1) is 0 Å². The van der Waals surface area contributed by atoms with E-state index in [1.807, 2.05) is 38.1 Å². The van der Waals surface area contributed by atoms with Crippen LogP contribution in [-0.4, -0.2) is 13.7 Å². The first kappa shape index (κ1) is 12.4.